The molecule has 6 heteroatoms. The standard InChI is InChI=1S/C10H16OSi.3CO.CH3.Cr/c1-11-9-7-5-6-8-10(9)12(2,3)4;3*1-2;;/h5-8H,1-4H3;;;;1H3;/q;;;;-1;. The second-order valence-electron chi connectivity index (χ2n) is 3.95. The van der Waals surface area contributed by atoms with Crippen LogP contribution in [0.4, 0.5) is 0 Å². The molecule has 0 saturated carbocycles. The van der Waals surface area contributed by atoms with Crippen molar-refractivity contribution in [1.29, 1.82) is 0 Å². The molecule has 0 radical (unpaired) electrons. The molecule has 0 unspecified atom stereocenters. The summed E-state index contributed by atoms with van der Waals surface area (Å²) in [6.07, 6.45) is 0. The van der Waals surface area contributed by atoms with E-state index in [1.54, 1.807) is 7.11 Å². The Labute approximate surface area is 133 Å². The van der Waals surface area contributed by atoms with Crippen molar-refractivity contribution in [2.45, 2.75) is 19.6 Å². The van der Waals surface area contributed by atoms with Gasteiger partial charge in [-0.1, -0.05) is 37.8 Å². The Kier molecular flexibility index (Phi) is 31.9. The summed E-state index contributed by atoms with van der Waals surface area (Å²) in [7, 11) is 0.511. The molecule has 0 bridgehead atoms. The van der Waals surface area contributed by atoms with E-state index >= 15 is 0 Å². The topological polar surface area (TPSA) is 68.9 Å². The Morgan fingerprint density at radius 1 is 0.900 bits per heavy atom. The molecule has 0 aliphatic carbocycles. The van der Waals surface area contributed by atoms with Gasteiger partial charge in [-0.2, -0.15) is 0 Å². The molecular weight excluding hydrogens is 312 g/mol. The summed E-state index contributed by atoms with van der Waals surface area (Å²) in [6.45, 7) is 20.5. The molecule has 0 aliphatic heterocycles. The van der Waals surface area contributed by atoms with Gasteiger partial charge in [-0.25, -0.2) is 0 Å². The minimum absolute atomic E-state index is 0. The molecule has 0 spiro atoms. The number of rotatable bonds is 2. The van der Waals surface area contributed by atoms with E-state index in [0.717, 1.165) is 5.75 Å². The Hall–Kier alpha value is -1.01. The van der Waals surface area contributed by atoms with E-state index in [1.807, 2.05) is 12.1 Å². The van der Waals surface area contributed by atoms with Gasteiger partial charge in [0, 0.05) is 17.4 Å². The summed E-state index contributed by atoms with van der Waals surface area (Å²) >= 11 is 0. The van der Waals surface area contributed by atoms with Crippen molar-refractivity contribution in [3.63, 3.8) is 0 Å². The van der Waals surface area contributed by atoms with Gasteiger partial charge in [0.25, 0.3) is 0 Å². The first-order valence-corrected chi connectivity index (χ1v) is 8.30. The summed E-state index contributed by atoms with van der Waals surface area (Å²) in [6, 6.07) is 8.30. The van der Waals surface area contributed by atoms with Crippen LogP contribution in [0.25, 0.3) is 0 Å². The molecule has 110 valence electrons. The molecule has 0 aromatic heterocycles. The third kappa shape index (κ3) is 13.4. The van der Waals surface area contributed by atoms with Crippen molar-refractivity contribution in [3.8, 4) is 5.75 Å². The van der Waals surface area contributed by atoms with Gasteiger partial charge in [-0.05, 0) is 11.3 Å². The molecular formula is C14H19CrO4Si-. The first kappa shape index (κ1) is 31.4. The van der Waals surface area contributed by atoms with Gasteiger partial charge in [-0.15, -0.1) is 0 Å². The average Bonchev–Trinajstić information content (AvgIpc) is 2.44. The number of hydrogen-bond acceptors (Lipinski definition) is 1. The first-order valence-electron chi connectivity index (χ1n) is 4.80. The third-order valence-electron chi connectivity index (χ3n) is 1.91. The van der Waals surface area contributed by atoms with Crippen LogP contribution < -0.4 is 9.92 Å². The van der Waals surface area contributed by atoms with Crippen LogP contribution in [0.15, 0.2) is 24.3 Å². The van der Waals surface area contributed by atoms with Crippen molar-refractivity contribution >= 4 is 13.3 Å². The quantitative estimate of drug-likeness (QED) is 0.466. The number of benzene rings is 1. The molecule has 1 aromatic rings. The molecule has 0 aliphatic rings. The van der Waals surface area contributed by atoms with Crippen LogP contribution in [-0.2, 0) is 31.3 Å². The molecule has 0 N–H and O–H groups in total. The van der Waals surface area contributed by atoms with Crippen LogP contribution in [0.1, 0.15) is 0 Å². The van der Waals surface area contributed by atoms with Crippen molar-refractivity contribution in [2.24, 2.45) is 0 Å². The zero-order chi connectivity index (χ0) is 15.2. The number of hydrogen-bond donors (Lipinski definition) is 0. The Balaban J connectivity index is -0.0000000833. The zero-order valence-electron chi connectivity index (χ0n) is 12.4. The number of ether oxygens (including phenoxy) is 1. The fraction of sp³-hybridized carbons (Fsp3) is 0.286. The maximum atomic E-state index is 7.50. The molecule has 0 saturated heterocycles. The molecule has 4 nitrogen and oxygen atoms in total. The van der Waals surface area contributed by atoms with E-state index in [-0.39, 0.29) is 24.8 Å². The number of para-hydroxylation sites is 1. The molecule has 0 fully saturated rings. The van der Waals surface area contributed by atoms with E-state index in [1.165, 1.54) is 5.19 Å². The molecule has 0 heterocycles. The fourth-order valence-electron chi connectivity index (χ4n) is 1.26. The van der Waals surface area contributed by atoms with Crippen LogP contribution in [-0.4, -0.2) is 15.2 Å². The van der Waals surface area contributed by atoms with Crippen LogP contribution in [0.2, 0.25) is 19.6 Å². The van der Waals surface area contributed by atoms with Crippen molar-refractivity contribution < 1.29 is 36.1 Å². The molecule has 1 aromatic carbocycles. The SMILES string of the molecule is COc1ccccc1[Si](C)(C)C.[C-]#[O+].[C-]#[O+].[C-]#[O+].[CH3-].[Cr]. The van der Waals surface area contributed by atoms with E-state index in [0.29, 0.717) is 0 Å². The zero-order valence-corrected chi connectivity index (χ0v) is 14.6. The predicted molar refractivity (Wildman–Crippen MR) is 74.2 cm³/mol. The summed E-state index contributed by atoms with van der Waals surface area (Å²) in [5.74, 6) is 1.04. The van der Waals surface area contributed by atoms with Crippen molar-refractivity contribution in [3.05, 3.63) is 51.6 Å². The maximum absolute atomic E-state index is 7.50. The van der Waals surface area contributed by atoms with Crippen LogP contribution >= 0.6 is 0 Å². The van der Waals surface area contributed by atoms with E-state index < -0.39 is 8.07 Å². The molecule has 0 amide bonds. The van der Waals surface area contributed by atoms with E-state index in [2.05, 4.69) is 51.7 Å². The minimum Gasteiger partial charge on any atom is -0.358 e. The van der Waals surface area contributed by atoms with Crippen molar-refractivity contribution in [2.75, 3.05) is 7.11 Å². The van der Waals surface area contributed by atoms with Crippen molar-refractivity contribution in [1.82, 2.24) is 0 Å². The van der Waals surface area contributed by atoms with Gasteiger partial charge in [0.1, 0.15) is 5.75 Å². The van der Waals surface area contributed by atoms with E-state index in [4.69, 9.17) is 18.7 Å². The average molecular weight is 331 g/mol. The summed E-state index contributed by atoms with van der Waals surface area (Å²) in [5, 5.41) is 1.40. The van der Waals surface area contributed by atoms with Crippen LogP contribution in [0.3, 0.4) is 0 Å². The van der Waals surface area contributed by atoms with Gasteiger partial charge in [0.2, 0.25) is 0 Å². The van der Waals surface area contributed by atoms with Gasteiger partial charge >= 0.3 is 33.9 Å². The van der Waals surface area contributed by atoms with Gasteiger partial charge < -0.3 is 12.2 Å². The normalized spacial score (nSPS) is 7.10. The third-order valence-corrected chi connectivity index (χ3v) is 3.94. The Morgan fingerprint density at radius 3 is 1.50 bits per heavy atom. The largest absolute Gasteiger partial charge is 0.358 e. The first-order chi connectivity index (χ1) is 8.55. The summed E-state index contributed by atoms with van der Waals surface area (Å²) < 4.78 is 27.8. The summed E-state index contributed by atoms with van der Waals surface area (Å²) in [5.41, 5.74) is 0. The van der Waals surface area contributed by atoms with Gasteiger partial charge in [0.05, 0.1) is 15.2 Å². The van der Waals surface area contributed by atoms with Crippen LogP contribution in [0, 0.1) is 27.4 Å². The molecule has 0 atom stereocenters. The molecule has 20 heavy (non-hydrogen) atoms. The second kappa shape index (κ2) is 20.3. The number of methoxy groups -OCH3 is 1. The fourth-order valence-corrected chi connectivity index (χ4v) is 2.79. The Morgan fingerprint density at radius 2 is 1.25 bits per heavy atom. The maximum Gasteiger partial charge on any atom is 0 e. The summed E-state index contributed by atoms with van der Waals surface area (Å²) in [4.78, 5) is 0. The van der Waals surface area contributed by atoms with Gasteiger partial charge in [-0.3, -0.25) is 0 Å². The van der Waals surface area contributed by atoms with Gasteiger partial charge in [0.15, 0.2) is 0 Å². The minimum atomic E-state index is -1.22. The Bertz CT molecular complexity index is 366. The monoisotopic (exact) mass is 331 g/mol. The second-order valence-corrected chi connectivity index (χ2v) is 8.99. The predicted octanol–water partition coefficient (Wildman–Crippen LogP) is 2.58. The smallest absolute Gasteiger partial charge is 0 e. The van der Waals surface area contributed by atoms with Crippen LogP contribution in [0.5, 0.6) is 5.75 Å². The van der Waals surface area contributed by atoms with E-state index in [9.17, 15) is 0 Å². The molecule has 1 rings (SSSR count).